The molecule has 3 aromatic heterocycles. The highest BCUT2D eigenvalue weighted by Gasteiger charge is 2.56. The van der Waals surface area contributed by atoms with Crippen molar-refractivity contribution < 1.29 is 13.6 Å². The van der Waals surface area contributed by atoms with E-state index in [-0.39, 0.29) is 24.9 Å². The fourth-order valence-electron chi connectivity index (χ4n) is 5.85. The molecule has 1 aromatic carbocycles. The first-order valence-electron chi connectivity index (χ1n) is 14.3. The van der Waals surface area contributed by atoms with Crippen molar-refractivity contribution in [2.75, 3.05) is 26.2 Å². The second kappa shape index (κ2) is 10.2. The standard InChI is InChI=1S/C30H32ClF2N7O/c1-18(38-8-10-39(11-9-38)29(41)19-2-3-19)20-6-7-34-23(12-20)13-26-36-25-5-4-24(27(31)28(25)37-26)21-15-35-40(16-21)17-22-14-30(22,32)33/h4-7,12,15-16,18-19,22H,2-3,8-11,13-14,17H2,1H3,(H,36,37). The van der Waals surface area contributed by atoms with Crippen molar-refractivity contribution in [2.24, 2.45) is 11.8 Å². The van der Waals surface area contributed by atoms with Gasteiger partial charge in [-0.2, -0.15) is 5.10 Å². The van der Waals surface area contributed by atoms with Crippen molar-refractivity contribution in [1.29, 1.82) is 0 Å². The van der Waals surface area contributed by atoms with E-state index in [9.17, 15) is 13.6 Å². The number of H-pyrrole nitrogens is 1. The van der Waals surface area contributed by atoms with Crippen LogP contribution >= 0.6 is 11.6 Å². The van der Waals surface area contributed by atoms with Crippen LogP contribution < -0.4 is 0 Å². The number of benzene rings is 1. The minimum atomic E-state index is -2.58. The lowest BCUT2D eigenvalue weighted by Gasteiger charge is -2.38. The third kappa shape index (κ3) is 5.35. The average molecular weight is 580 g/mol. The molecule has 2 aliphatic carbocycles. The van der Waals surface area contributed by atoms with Crippen LogP contribution in [0, 0.1) is 11.8 Å². The van der Waals surface area contributed by atoms with E-state index >= 15 is 0 Å². The predicted molar refractivity (Wildman–Crippen MR) is 152 cm³/mol. The van der Waals surface area contributed by atoms with Crippen LogP contribution in [0.15, 0.2) is 42.9 Å². The van der Waals surface area contributed by atoms with E-state index < -0.39 is 11.8 Å². The number of rotatable bonds is 8. The van der Waals surface area contributed by atoms with Gasteiger partial charge in [0.2, 0.25) is 5.91 Å². The number of aromatic nitrogens is 5. The number of piperazine rings is 1. The zero-order valence-corrected chi connectivity index (χ0v) is 23.6. The summed E-state index contributed by atoms with van der Waals surface area (Å²) in [6.07, 6.45) is 7.80. The number of pyridine rings is 1. The van der Waals surface area contributed by atoms with E-state index in [1.54, 1.807) is 17.1 Å². The molecule has 0 bridgehead atoms. The zero-order valence-electron chi connectivity index (χ0n) is 22.9. The number of alkyl halides is 2. The number of hydrogen-bond acceptors (Lipinski definition) is 5. The van der Waals surface area contributed by atoms with Crippen LogP contribution in [-0.2, 0) is 17.8 Å². The summed E-state index contributed by atoms with van der Waals surface area (Å²) >= 11 is 6.78. The molecule has 4 aromatic rings. The Kier molecular flexibility index (Phi) is 6.58. The largest absolute Gasteiger partial charge is 0.342 e. The molecule has 1 saturated heterocycles. The summed E-state index contributed by atoms with van der Waals surface area (Å²) in [6.45, 7) is 5.72. The maximum atomic E-state index is 13.3. The monoisotopic (exact) mass is 579 g/mol. The first-order valence-corrected chi connectivity index (χ1v) is 14.7. The van der Waals surface area contributed by atoms with Crippen LogP contribution in [0.3, 0.4) is 0 Å². The minimum Gasteiger partial charge on any atom is -0.342 e. The van der Waals surface area contributed by atoms with E-state index in [2.05, 4.69) is 39.0 Å². The van der Waals surface area contributed by atoms with E-state index in [1.807, 2.05) is 23.2 Å². The van der Waals surface area contributed by atoms with E-state index in [0.29, 0.717) is 22.9 Å². The summed E-state index contributed by atoms with van der Waals surface area (Å²) in [6, 6.07) is 8.23. The Labute approximate surface area is 241 Å². The van der Waals surface area contributed by atoms with Crippen LogP contribution in [0.4, 0.5) is 8.78 Å². The quantitative estimate of drug-likeness (QED) is 0.305. The van der Waals surface area contributed by atoms with Gasteiger partial charge in [-0.1, -0.05) is 17.7 Å². The first-order chi connectivity index (χ1) is 19.7. The van der Waals surface area contributed by atoms with E-state index in [4.69, 9.17) is 16.6 Å². The minimum absolute atomic E-state index is 0.0822. The van der Waals surface area contributed by atoms with Gasteiger partial charge < -0.3 is 9.88 Å². The number of nitrogens with zero attached hydrogens (tertiary/aromatic N) is 6. The Hall–Kier alpha value is -3.37. The van der Waals surface area contributed by atoms with Gasteiger partial charge in [0.25, 0.3) is 5.92 Å². The second-order valence-electron chi connectivity index (χ2n) is 11.7. The fraction of sp³-hybridized carbons (Fsp3) is 0.467. The molecule has 41 heavy (non-hydrogen) atoms. The van der Waals surface area contributed by atoms with Crippen LogP contribution in [0.2, 0.25) is 5.02 Å². The second-order valence-corrected chi connectivity index (χ2v) is 12.1. The normalized spacial score (nSPS) is 21.4. The number of halogens is 3. The van der Waals surface area contributed by atoms with Crippen molar-refractivity contribution in [3.63, 3.8) is 0 Å². The number of imidazole rings is 1. The Morgan fingerprint density at radius 1 is 1.20 bits per heavy atom. The molecular formula is C30H32ClF2N7O. The summed E-state index contributed by atoms with van der Waals surface area (Å²) in [5.41, 5.74) is 5.11. The van der Waals surface area contributed by atoms with Crippen molar-refractivity contribution in [2.45, 2.75) is 51.1 Å². The zero-order chi connectivity index (χ0) is 28.3. The van der Waals surface area contributed by atoms with E-state index in [0.717, 1.165) is 67.2 Å². The maximum Gasteiger partial charge on any atom is 0.253 e. The predicted octanol–water partition coefficient (Wildman–Crippen LogP) is 5.34. The Bertz CT molecular complexity index is 1610. The fourth-order valence-corrected chi connectivity index (χ4v) is 6.17. The number of carbonyl (C=O) groups excluding carboxylic acids is 1. The van der Waals surface area contributed by atoms with Crippen LogP contribution in [0.25, 0.3) is 22.2 Å². The van der Waals surface area contributed by atoms with Crippen molar-refractivity contribution in [3.05, 3.63) is 65.0 Å². The van der Waals surface area contributed by atoms with E-state index in [1.165, 1.54) is 5.56 Å². The summed E-state index contributed by atoms with van der Waals surface area (Å²) in [5, 5.41) is 4.76. The molecule has 3 aliphatic rings. The highest BCUT2D eigenvalue weighted by atomic mass is 35.5. The Morgan fingerprint density at radius 2 is 1.98 bits per heavy atom. The average Bonchev–Trinajstić information content (AvgIpc) is 3.80. The molecule has 2 atom stereocenters. The lowest BCUT2D eigenvalue weighted by atomic mass is 10.1. The molecule has 4 heterocycles. The number of amides is 1. The molecule has 2 unspecified atom stereocenters. The number of fused-ring (bicyclic) bond motifs is 1. The molecule has 0 spiro atoms. The van der Waals surface area contributed by atoms with Gasteiger partial charge >= 0.3 is 0 Å². The van der Waals surface area contributed by atoms with Crippen molar-refractivity contribution >= 4 is 28.5 Å². The topological polar surface area (TPSA) is 82.9 Å². The highest BCUT2D eigenvalue weighted by molar-refractivity contribution is 6.37. The van der Waals surface area contributed by atoms with Crippen molar-refractivity contribution in [3.8, 4) is 11.1 Å². The van der Waals surface area contributed by atoms with Gasteiger partial charge in [0.05, 0.1) is 16.7 Å². The molecule has 3 fully saturated rings. The summed E-state index contributed by atoms with van der Waals surface area (Å²) < 4.78 is 28.2. The number of aromatic amines is 1. The molecule has 2 saturated carbocycles. The smallest absolute Gasteiger partial charge is 0.253 e. The van der Waals surface area contributed by atoms with Gasteiger partial charge in [0.1, 0.15) is 11.3 Å². The molecule has 11 heteroatoms. The van der Waals surface area contributed by atoms with Gasteiger partial charge in [-0.3, -0.25) is 19.4 Å². The molecule has 1 amide bonds. The molecule has 1 N–H and O–H groups in total. The molecular weight excluding hydrogens is 548 g/mol. The van der Waals surface area contributed by atoms with Crippen LogP contribution in [0.1, 0.15) is 49.3 Å². The highest BCUT2D eigenvalue weighted by Crippen LogP contribution is 2.49. The SMILES string of the molecule is CC(c1ccnc(Cc2nc3c(Cl)c(-c4cnn(CC5CC5(F)F)c4)ccc3[nH]2)c1)N1CCN(C(=O)C2CC2)CC1. The maximum absolute atomic E-state index is 13.3. The first kappa shape index (κ1) is 26.5. The Morgan fingerprint density at radius 3 is 2.71 bits per heavy atom. The third-order valence-electron chi connectivity index (χ3n) is 8.72. The van der Waals surface area contributed by atoms with Gasteiger partial charge in [0, 0.05) is 92.7 Å². The lowest BCUT2D eigenvalue weighted by Crippen LogP contribution is -2.49. The van der Waals surface area contributed by atoms with Crippen molar-refractivity contribution in [1.82, 2.24) is 34.5 Å². The summed E-state index contributed by atoms with van der Waals surface area (Å²) in [5.74, 6) is -1.86. The molecule has 1 aliphatic heterocycles. The number of nitrogens with one attached hydrogen (secondary N) is 1. The Balaban J connectivity index is 1.03. The molecule has 0 radical (unpaired) electrons. The summed E-state index contributed by atoms with van der Waals surface area (Å²) in [7, 11) is 0. The van der Waals surface area contributed by atoms with Gasteiger partial charge in [-0.25, -0.2) is 13.8 Å². The van der Waals surface area contributed by atoms with Gasteiger partial charge in [-0.05, 0) is 43.5 Å². The van der Waals surface area contributed by atoms with Crippen LogP contribution in [-0.4, -0.2) is 72.5 Å². The number of hydrogen-bond donors (Lipinski definition) is 1. The molecule has 214 valence electrons. The number of carbonyl (C=O) groups is 1. The molecule has 7 rings (SSSR count). The van der Waals surface area contributed by atoms with Crippen LogP contribution in [0.5, 0.6) is 0 Å². The lowest BCUT2D eigenvalue weighted by molar-refractivity contribution is -0.134. The summed E-state index contributed by atoms with van der Waals surface area (Å²) in [4.78, 5) is 29.6. The van der Waals surface area contributed by atoms with Gasteiger partial charge in [0.15, 0.2) is 0 Å². The third-order valence-corrected chi connectivity index (χ3v) is 9.10. The van der Waals surface area contributed by atoms with Gasteiger partial charge in [-0.15, -0.1) is 0 Å². The molecule has 8 nitrogen and oxygen atoms in total.